The zero-order valence-electron chi connectivity index (χ0n) is 4.43. The van der Waals surface area contributed by atoms with Crippen molar-refractivity contribution in [3.8, 4) is 0 Å². The van der Waals surface area contributed by atoms with E-state index in [4.69, 9.17) is 0 Å². The monoisotopic (exact) mass is 110 g/mol. The van der Waals surface area contributed by atoms with Crippen LogP contribution in [0.15, 0.2) is 24.3 Å². The zero-order chi connectivity index (χ0) is 4.95. The molecule has 0 radical (unpaired) electrons. The molecule has 0 heteroatoms. The van der Waals surface area contributed by atoms with Gasteiger partial charge in [-0.05, 0) is 19.3 Å². The average molecular weight is 110 g/mol. The van der Waals surface area contributed by atoms with Crippen molar-refractivity contribution in [2.75, 3.05) is 0 Å². The largest absolute Gasteiger partial charge is 0.0845 e. The van der Waals surface area contributed by atoms with Gasteiger partial charge in [0.15, 0.2) is 0 Å². The lowest BCUT2D eigenvalue weighted by atomic mass is 10.2. The van der Waals surface area contributed by atoms with Crippen molar-refractivity contribution in [1.29, 1.82) is 0 Å². The van der Waals surface area contributed by atoms with Gasteiger partial charge in [-0.15, -0.1) is 0 Å². The molecule has 0 aromatic heterocycles. The van der Waals surface area contributed by atoms with Crippen molar-refractivity contribution in [2.45, 2.75) is 26.7 Å². The molecule has 0 bridgehead atoms. The highest BCUT2D eigenvalue weighted by molar-refractivity contribution is 5.04. The van der Waals surface area contributed by atoms with E-state index >= 15 is 0 Å². The molecule has 0 heterocycles. The standard InChI is InChI=1S/C7H10.CH4/c1-2-4-6-7-5-3-1;/h1-4H,5-7H2;1H4. The van der Waals surface area contributed by atoms with Gasteiger partial charge in [0, 0.05) is 0 Å². The third kappa shape index (κ3) is 2.62. The predicted octanol–water partition coefficient (Wildman–Crippen LogP) is 2.92. The summed E-state index contributed by atoms with van der Waals surface area (Å²) in [7, 11) is 0. The summed E-state index contributed by atoms with van der Waals surface area (Å²) >= 11 is 0. The highest BCUT2D eigenvalue weighted by Gasteiger charge is 1.81. The maximum absolute atomic E-state index is 2.21. The van der Waals surface area contributed by atoms with Crippen molar-refractivity contribution in [2.24, 2.45) is 0 Å². The fourth-order valence-corrected chi connectivity index (χ4v) is 0.703. The number of hydrogen-bond donors (Lipinski definition) is 0. The zero-order valence-corrected chi connectivity index (χ0v) is 4.43. The van der Waals surface area contributed by atoms with E-state index in [1.165, 1.54) is 19.3 Å². The van der Waals surface area contributed by atoms with Gasteiger partial charge in [-0.1, -0.05) is 31.7 Å². The number of allylic oxidation sites excluding steroid dienone is 4. The van der Waals surface area contributed by atoms with E-state index in [2.05, 4.69) is 24.3 Å². The lowest BCUT2D eigenvalue weighted by Gasteiger charge is -1.81. The normalized spacial score (nSPS) is 17.0. The maximum atomic E-state index is 2.21. The van der Waals surface area contributed by atoms with Gasteiger partial charge in [-0.3, -0.25) is 0 Å². The summed E-state index contributed by atoms with van der Waals surface area (Å²) in [6.45, 7) is 0. The molecule has 0 fully saturated rings. The minimum Gasteiger partial charge on any atom is -0.0845 e. The van der Waals surface area contributed by atoms with Crippen molar-refractivity contribution >= 4 is 0 Å². The highest BCUT2D eigenvalue weighted by Crippen LogP contribution is 2.01. The molecule has 1 rings (SSSR count). The summed E-state index contributed by atoms with van der Waals surface area (Å²) in [4.78, 5) is 0. The first-order valence-electron chi connectivity index (χ1n) is 2.82. The van der Waals surface area contributed by atoms with Gasteiger partial charge < -0.3 is 0 Å². The molecule has 8 heavy (non-hydrogen) atoms. The Hall–Kier alpha value is -0.520. The minimum atomic E-state index is 0. The van der Waals surface area contributed by atoms with Gasteiger partial charge in [0.1, 0.15) is 0 Å². The van der Waals surface area contributed by atoms with E-state index in [1.54, 1.807) is 0 Å². The lowest BCUT2D eigenvalue weighted by molar-refractivity contribution is 0.876. The summed E-state index contributed by atoms with van der Waals surface area (Å²) in [5.41, 5.74) is 0. The Morgan fingerprint density at radius 3 is 1.88 bits per heavy atom. The summed E-state index contributed by atoms with van der Waals surface area (Å²) < 4.78 is 0. The van der Waals surface area contributed by atoms with Crippen LogP contribution in [0.5, 0.6) is 0 Å². The van der Waals surface area contributed by atoms with Gasteiger partial charge in [0.2, 0.25) is 0 Å². The van der Waals surface area contributed by atoms with Crippen LogP contribution in [0.25, 0.3) is 0 Å². The molecule has 0 saturated heterocycles. The first kappa shape index (κ1) is 7.48. The van der Waals surface area contributed by atoms with E-state index < -0.39 is 0 Å². The maximum Gasteiger partial charge on any atom is -0.0345 e. The Kier molecular flexibility index (Phi) is 4.33. The molecule has 0 aliphatic heterocycles. The Labute approximate surface area is 51.9 Å². The topological polar surface area (TPSA) is 0 Å². The van der Waals surface area contributed by atoms with Crippen LogP contribution in [0, 0.1) is 0 Å². The fraction of sp³-hybridized carbons (Fsp3) is 0.500. The van der Waals surface area contributed by atoms with E-state index in [-0.39, 0.29) is 7.43 Å². The van der Waals surface area contributed by atoms with Crippen LogP contribution in [0.4, 0.5) is 0 Å². The molecule has 0 aromatic carbocycles. The Balaban J connectivity index is 0.000000490. The van der Waals surface area contributed by atoms with E-state index in [0.29, 0.717) is 0 Å². The molecule has 0 saturated carbocycles. The first-order valence-corrected chi connectivity index (χ1v) is 2.82. The molecule has 0 amide bonds. The molecule has 0 aromatic rings. The quantitative estimate of drug-likeness (QED) is 0.449. The van der Waals surface area contributed by atoms with Crippen LogP contribution in [-0.2, 0) is 0 Å². The molecule has 0 spiro atoms. The fourth-order valence-electron chi connectivity index (χ4n) is 0.703. The summed E-state index contributed by atoms with van der Waals surface area (Å²) in [5.74, 6) is 0. The third-order valence-corrected chi connectivity index (χ3v) is 1.12. The molecule has 46 valence electrons. The SMILES string of the molecule is C.C1=CCCCC=C1. The van der Waals surface area contributed by atoms with Crippen LogP contribution in [0.1, 0.15) is 26.7 Å². The number of hydrogen-bond acceptors (Lipinski definition) is 0. The van der Waals surface area contributed by atoms with Crippen LogP contribution in [0.2, 0.25) is 0 Å². The lowest BCUT2D eigenvalue weighted by Crippen LogP contribution is -1.62. The molecular weight excluding hydrogens is 96.1 g/mol. The van der Waals surface area contributed by atoms with E-state index in [0.717, 1.165) is 0 Å². The smallest absolute Gasteiger partial charge is 0.0345 e. The summed E-state index contributed by atoms with van der Waals surface area (Å²) in [6.07, 6.45) is 12.5. The van der Waals surface area contributed by atoms with Gasteiger partial charge in [0.05, 0.1) is 0 Å². The van der Waals surface area contributed by atoms with Gasteiger partial charge in [0.25, 0.3) is 0 Å². The molecule has 0 N–H and O–H groups in total. The van der Waals surface area contributed by atoms with Crippen LogP contribution in [-0.4, -0.2) is 0 Å². The van der Waals surface area contributed by atoms with Crippen molar-refractivity contribution in [3.63, 3.8) is 0 Å². The summed E-state index contributed by atoms with van der Waals surface area (Å²) in [5, 5.41) is 0. The van der Waals surface area contributed by atoms with Crippen molar-refractivity contribution in [1.82, 2.24) is 0 Å². The molecule has 0 unspecified atom stereocenters. The third-order valence-electron chi connectivity index (χ3n) is 1.12. The van der Waals surface area contributed by atoms with E-state index in [1.807, 2.05) is 0 Å². The van der Waals surface area contributed by atoms with Gasteiger partial charge >= 0.3 is 0 Å². The molecule has 0 atom stereocenters. The molecule has 0 nitrogen and oxygen atoms in total. The molecule has 1 aliphatic rings. The van der Waals surface area contributed by atoms with Crippen molar-refractivity contribution in [3.05, 3.63) is 24.3 Å². The Morgan fingerprint density at radius 1 is 0.875 bits per heavy atom. The second-order valence-corrected chi connectivity index (χ2v) is 1.79. The second-order valence-electron chi connectivity index (χ2n) is 1.79. The predicted molar refractivity (Wildman–Crippen MR) is 38.9 cm³/mol. The summed E-state index contributed by atoms with van der Waals surface area (Å²) in [6, 6.07) is 0. The highest BCUT2D eigenvalue weighted by atomic mass is 13.9. The average Bonchev–Trinajstić information content (AvgIpc) is 1.90. The van der Waals surface area contributed by atoms with Crippen molar-refractivity contribution < 1.29 is 0 Å². The minimum absolute atomic E-state index is 0. The van der Waals surface area contributed by atoms with Crippen LogP contribution >= 0.6 is 0 Å². The first-order chi connectivity index (χ1) is 3.50. The molecule has 1 aliphatic carbocycles. The Bertz CT molecular complexity index is 76.2. The van der Waals surface area contributed by atoms with Gasteiger partial charge in [-0.2, -0.15) is 0 Å². The van der Waals surface area contributed by atoms with Gasteiger partial charge in [-0.25, -0.2) is 0 Å². The van der Waals surface area contributed by atoms with Crippen LogP contribution < -0.4 is 0 Å². The second kappa shape index (κ2) is 4.63. The molecular formula is C8H14. The van der Waals surface area contributed by atoms with E-state index in [9.17, 15) is 0 Å². The Morgan fingerprint density at radius 2 is 1.38 bits per heavy atom. The number of rotatable bonds is 0. The van der Waals surface area contributed by atoms with Crippen LogP contribution in [0.3, 0.4) is 0 Å².